The first-order chi connectivity index (χ1) is 3.30. The Bertz CT molecular complexity index is 86.1. The fourth-order valence-corrected chi connectivity index (χ4v) is 0.573. The smallest absolute Gasteiger partial charge is 0.102 e. The van der Waals surface area contributed by atoms with E-state index in [1.807, 2.05) is 0 Å². The normalized spacial score (nSPS) is 28.9. The summed E-state index contributed by atoms with van der Waals surface area (Å²) in [5.74, 6) is 0.270. The topological polar surface area (TPSA) is 32.3 Å². The first kappa shape index (κ1) is 4.65. The predicted molar refractivity (Wildman–Crippen MR) is 28.2 cm³/mol. The molecule has 0 aliphatic carbocycles. The second kappa shape index (κ2) is 1.54. The molecule has 0 bridgehead atoms. The minimum Gasteiger partial charge on any atom is -0.511 e. The van der Waals surface area contributed by atoms with Gasteiger partial charge in [0.2, 0.25) is 0 Å². The Balaban J connectivity index is 2.27. The molecule has 0 saturated carbocycles. The highest BCUT2D eigenvalue weighted by Gasteiger charge is 2.17. The van der Waals surface area contributed by atoms with Crippen molar-refractivity contribution in [2.45, 2.75) is 12.5 Å². The molecule has 2 heteroatoms. The molecule has 40 valence electrons. The first-order valence-corrected chi connectivity index (χ1v) is 2.42. The van der Waals surface area contributed by atoms with Gasteiger partial charge >= 0.3 is 0 Å². The maximum Gasteiger partial charge on any atom is 0.102 e. The van der Waals surface area contributed by atoms with Gasteiger partial charge in [0.1, 0.15) is 5.76 Å². The summed E-state index contributed by atoms with van der Waals surface area (Å²) in [5.41, 5.74) is 0. The summed E-state index contributed by atoms with van der Waals surface area (Å²) >= 11 is 0. The molecule has 7 heavy (non-hydrogen) atoms. The fourth-order valence-electron chi connectivity index (χ4n) is 0.573. The Hall–Kier alpha value is -0.500. The van der Waals surface area contributed by atoms with Crippen LogP contribution < -0.4 is 5.32 Å². The van der Waals surface area contributed by atoms with Crippen LogP contribution in [0.2, 0.25) is 0 Å². The Morgan fingerprint density at radius 1 is 1.86 bits per heavy atom. The molecule has 1 saturated heterocycles. The lowest BCUT2D eigenvalue weighted by Gasteiger charge is -2.25. The van der Waals surface area contributed by atoms with Crippen LogP contribution in [0, 0.1) is 0 Å². The number of aliphatic hydroxyl groups is 1. The summed E-state index contributed by atoms with van der Waals surface area (Å²) in [5, 5.41) is 11.6. The SMILES string of the molecule is C=C(O)C1CCN1. The van der Waals surface area contributed by atoms with E-state index >= 15 is 0 Å². The van der Waals surface area contributed by atoms with Gasteiger partial charge in [0.15, 0.2) is 0 Å². The number of rotatable bonds is 1. The Morgan fingerprint density at radius 2 is 2.43 bits per heavy atom. The van der Waals surface area contributed by atoms with Crippen LogP contribution in [0.1, 0.15) is 6.42 Å². The summed E-state index contributed by atoms with van der Waals surface area (Å²) < 4.78 is 0. The number of aliphatic hydroxyl groups excluding tert-OH is 1. The van der Waals surface area contributed by atoms with E-state index in [-0.39, 0.29) is 11.8 Å². The molecular formula is C5H9NO. The highest BCUT2D eigenvalue weighted by Crippen LogP contribution is 2.06. The molecule has 2 N–H and O–H groups in total. The van der Waals surface area contributed by atoms with E-state index in [4.69, 9.17) is 5.11 Å². The fraction of sp³-hybridized carbons (Fsp3) is 0.600. The third-order valence-corrected chi connectivity index (χ3v) is 1.23. The molecule has 1 fully saturated rings. The van der Waals surface area contributed by atoms with Gasteiger partial charge in [0.05, 0.1) is 6.04 Å². The summed E-state index contributed by atoms with van der Waals surface area (Å²) in [6, 6.07) is 0.194. The van der Waals surface area contributed by atoms with Crippen LogP contribution in [0.4, 0.5) is 0 Å². The standard InChI is InChI=1S/C5H9NO/c1-4(7)5-2-3-6-5/h5-7H,1-3H2. The quantitative estimate of drug-likeness (QED) is 0.467. The van der Waals surface area contributed by atoms with Crippen molar-refractivity contribution in [1.29, 1.82) is 0 Å². The van der Waals surface area contributed by atoms with Crippen LogP contribution in [-0.4, -0.2) is 17.7 Å². The van der Waals surface area contributed by atoms with Crippen molar-refractivity contribution >= 4 is 0 Å². The van der Waals surface area contributed by atoms with E-state index < -0.39 is 0 Å². The second-order valence-electron chi connectivity index (χ2n) is 1.79. The van der Waals surface area contributed by atoms with Crippen molar-refractivity contribution in [2.75, 3.05) is 6.54 Å². The van der Waals surface area contributed by atoms with E-state index in [1.54, 1.807) is 0 Å². The molecule has 0 spiro atoms. The van der Waals surface area contributed by atoms with Gasteiger partial charge in [0, 0.05) is 0 Å². The van der Waals surface area contributed by atoms with Crippen molar-refractivity contribution < 1.29 is 5.11 Å². The third kappa shape index (κ3) is 0.747. The van der Waals surface area contributed by atoms with Crippen molar-refractivity contribution in [1.82, 2.24) is 5.32 Å². The van der Waals surface area contributed by atoms with Crippen LogP contribution in [0.3, 0.4) is 0 Å². The molecule has 0 aromatic heterocycles. The van der Waals surface area contributed by atoms with Gasteiger partial charge < -0.3 is 10.4 Å². The summed E-state index contributed by atoms with van der Waals surface area (Å²) in [7, 11) is 0. The van der Waals surface area contributed by atoms with E-state index in [1.165, 1.54) is 0 Å². The van der Waals surface area contributed by atoms with Crippen LogP contribution in [0.5, 0.6) is 0 Å². The van der Waals surface area contributed by atoms with Crippen molar-refractivity contribution in [3.8, 4) is 0 Å². The molecule has 0 radical (unpaired) electrons. The molecule has 1 aliphatic rings. The highest BCUT2D eigenvalue weighted by atomic mass is 16.3. The average Bonchev–Trinajstić information content (AvgIpc) is 1.23. The Kier molecular flexibility index (Phi) is 1.02. The lowest BCUT2D eigenvalue weighted by atomic mass is 10.1. The van der Waals surface area contributed by atoms with Crippen LogP contribution in [0.15, 0.2) is 12.3 Å². The summed E-state index contributed by atoms with van der Waals surface area (Å²) in [6.07, 6.45) is 1.04. The number of nitrogens with one attached hydrogen (secondary N) is 1. The molecule has 0 aromatic rings. The van der Waals surface area contributed by atoms with Crippen LogP contribution in [0.25, 0.3) is 0 Å². The molecule has 1 rings (SSSR count). The highest BCUT2D eigenvalue weighted by molar-refractivity contribution is 4.99. The van der Waals surface area contributed by atoms with Crippen molar-refractivity contribution in [3.63, 3.8) is 0 Å². The maximum absolute atomic E-state index is 8.62. The zero-order valence-electron chi connectivity index (χ0n) is 4.15. The minimum absolute atomic E-state index is 0.194. The Morgan fingerprint density at radius 3 is 2.43 bits per heavy atom. The van der Waals surface area contributed by atoms with Gasteiger partial charge in [-0.2, -0.15) is 0 Å². The molecular weight excluding hydrogens is 90.1 g/mol. The van der Waals surface area contributed by atoms with Gasteiger partial charge in [-0.05, 0) is 13.0 Å². The molecule has 0 amide bonds. The predicted octanol–water partition coefficient (Wildman–Crippen LogP) is 0.420. The largest absolute Gasteiger partial charge is 0.511 e. The third-order valence-electron chi connectivity index (χ3n) is 1.23. The van der Waals surface area contributed by atoms with Gasteiger partial charge in [-0.3, -0.25) is 0 Å². The average molecular weight is 99.1 g/mol. The van der Waals surface area contributed by atoms with Gasteiger partial charge in [-0.25, -0.2) is 0 Å². The van der Waals surface area contributed by atoms with Crippen molar-refractivity contribution in [2.24, 2.45) is 0 Å². The van der Waals surface area contributed by atoms with Crippen LogP contribution in [-0.2, 0) is 0 Å². The van der Waals surface area contributed by atoms with E-state index in [0.717, 1.165) is 13.0 Å². The van der Waals surface area contributed by atoms with E-state index in [0.29, 0.717) is 0 Å². The van der Waals surface area contributed by atoms with Gasteiger partial charge in [-0.1, -0.05) is 6.58 Å². The molecule has 1 unspecified atom stereocenters. The Labute approximate surface area is 42.8 Å². The molecule has 1 heterocycles. The second-order valence-corrected chi connectivity index (χ2v) is 1.79. The minimum atomic E-state index is 0.194. The monoisotopic (exact) mass is 99.1 g/mol. The number of hydrogen-bond acceptors (Lipinski definition) is 2. The summed E-state index contributed by atoms with van der Waals surface area (Å²) in [6.45, 7) is 4.39. The molecule has 2 nitrogen and oxygen atoms in total. The summed E-state index contributed by atoms with van der Waals surface area (Å²) in [4.78, 5) is 0. The van der Waals surface area contributed by atoms with E-state index in [9.17, 15) is 0 Å². The zero-order chi connectivity index (χ0) is 5.28. The molecule has 1 atom stereocenters. The van der Waals surface area contributed by atoms with Gasteiger partial charge in [-0.15, -0.1) is 0 Å². The lowest BCUT2D eigenvalue weighted by Crippen LogP contribution is -2.43. The molecule has 1 aliphatic heterocycles. The lowest BCUT2D eigenvalue weighted by molar-refractivity contribution is 0.285. The first-order valence-electron chi connectivity index (χ1n) is 2.42. The van der Waals surface area contributed by atoms with E-state index in [2.05, 4.69) is 11.9 Å². The zero-order valence-corrected chi connectivity index (χ0v) is 4.15. The molecule has 0 aromatic carbocycles. The number of hydrogen-bond donors (Lipinski definition) is 2. The van der Waals surface area contributed by atoms with Crippen molar-refractivity contribution in [3.05, 3.63) is 12.3 Å². The van der Waals surface area contributed by atoms with Gasteiger partial charge in [0.25, 0.3) is 0 Å². The maximum atomic E-state index is 8.62. The van der Waals surface area contributed by atoms with Crippen LogP contribution >= 0.6 is 0 Å².